The van der Waals surface area contributed by atoms with Crippen molar-refractivity contribution in [3.8, 4) is 0 Å². The summed E-state index contributed by atoms with van der Waals surface area (Å²) >= 11 is 0. The van der Waals surface area contributed by atoms with E-state index >= 15 is 0 Å². The molecule has 0 radical (unpaired) electrons. The molecule has 1 aliphatic heterocycles. The van der Waals surface area contributed by atoms with Gasteiger partial charge in [-0.15, -0.1) is 0 Å². The van der Waals surface area contributed by atoms with Crippen molar-refractivity contribution in [3.05, 3.63) is 23.4 Å². The first kappa shape index (κ1) is 15.3. The molecule has 112 valence electrons. The van der Waals surface area contributed by atoms with Crippen LogP contribution in [0.15, 0.2) is 12.1 Å². The zero-order chi connectivity index (χ0) is 14.5. The number of aryl methyl sites for hydroxylation is 1. The molecule has 0 bridgehead atoms. The van der Waals surface area contributed by atoms with E-state index in [1.54, 1.807) is 0 Å². The van der Waals surface area contributed by atoms with Gasteiger partial charge in [-0.25, -0.2) is 4.98 Å². The fourth-order valence-electron chi connectivity index (χ4n) is 2.52. The van der Waals surface area contributed by atoms with E-state index in [1.165, 1.54) is 5.56 Å². The first-order valence-electron chi connectivity index (χ1n) is 7.59. The third-order valence-electron chi connectivity index (χ3n) is 3.45. The Hall–Kier alpha value is -1.13. The van der Waals surface area contributed by atoms with Crippen molar-refractivity contribution in [2.75, 3.05) is 31.1 Å². The van der Waals surface area contributed by atoms with E-state index in [0.717, 1.165) is 44.3 Å². The second-order valence-electron chi connectivity index (χ2n) is 6.13. The Morgan fingerprint density at radius 3 is 2.95 bits per heavy atom. The van der Waals surface area contributed by atoms with Crippen LogP contribution in [0.25, 0.3) is 0 Å². The summed E-state index contributed by atoms with van der Waals surface area (Å²) < 4.78 is 5.60. The van der Waals surface area contributed by atoms with Gasteiger partial charge in [-0.2, -0.15) is 0 Å². The number of rotatable bonds is 5. The largest absolute Gasteiger partial charge is 0.375 e. The van der Waals surface area contributed by atoms with Crippen molar-refractivity contribution in [3.63, 3.8) is 0 Å². The maximum absolute atomic E-state index is 5.60. The van der Waals surface area contributed by atoms with Crippen molar-refractivity contribution in [1.82, 2.24) is 10.3 Å². The molecule has 0 aromatic carbocycles. The lowest BCUT2D eigenvalue weighted by molar-refractivity contribution is 0.0529. The van der Waals surface area contributed by atoms with Crippen molar-refractivity contribution in [2.45, 2.75) is 40.3 Å². The Morgan fingerprint density at radius 2 is 2.25 bits per heavy atom. The van der Waals surface area contributed by atoms with Gasteiger partial charge in [0.15, 0.2) is 0 Å². The minimum atomic E-state index is 0.286. The molecule has 1 fully saturated rings. The second kappa shape index (κ2) is 7.04. The molecule has 1 N–H and O–H groups in total. The normalized spacial score (nSPS) is 19.6. The molecule has 0 spiro atoms. The summed E-state index contributed by atoms with van der Waals surface area (Å²) in [6.07, 6.45) is 0.286. The van der Waals surface area contributed by atoms with Crippen LogP contribution in [-0.4, -0.2) is 37.3 Å². The van der Waals surface area contributed by atoms with Crippen LogP contribution in [0.2, 0.25) is 0 Å². The molecule has 1 unspecified atom stereocenters. The summed E-state index contributed by atoms with van der Waals surface area (Å²) in [5.41, 5.74) is 2.40. The van der Waals surface area contributed by atoms with Crippen LogP contribution in [0.4, 0.5) is 5.82 Å². The third-order valence-corrected chi connectivity index (χ3v) is 3.45. The summed E-state index contributed by atoms with van der Waals surface area (Å²) in [6.45, 7) is 13.2. The van der Waals surface area contributed by atoms with Gasteiger partial charge in [0, 0.05) is 25.3 Å². The van der Waals surface area contributed by atoms with Gasteiger partial charge in [-0.05, 0) is 44.0 Å². The van der Waals surface area contributed by atoms with Gasteiger partial charge in [0.2, 0.25) is 0 Å². The number of aromatic nitrogens is 1. The van der Waals surface area contributed by atoms with E-state index in [0.29, 0.717) is 5.92 Å². The van der Waals surface area contributed by atoms with Gasteiger partial charge in [0.25, 0.3) is 0 Å². The van der Waals surface area contributed by atoms with Gasteiger partial charge < -0.3 is 15.0 Å². The predicted molar refractivity (Wildman–Crippen MR) is 83.1 cm³/mol. The minimum Gasteiger partial charge on any atom is -0.375 e. The number of morpholine rings is 1. The molecule has 1 aromatic heterocycles. The lowest BCUT2D eigenvalue weighted by Gasteiger charge is -2.32. The molecule has 2 heterocycles. The van der Waals surface area contributed by atoms with Crippen LogP contribution in [-0.2, 0) is 11.3 Å². The molecule has 2 rings (SSSR count). The van der Waals surface area contributed by atoms with Crippen molar-refractivity contribution in [2.24, 2.45) is 5.92 Å². The van der Waals surface area contributed by atoms with Gasteiger partial charge >= 0.3 is 0 Å². The molecule has 0 aliphatic carbocycles. The van der Waals surface area contributed by atoms with Gasteiger partial charge in [0.05, 0.1) is 12.7 Å². The summed E-state index contributed by atoms with van der Waals surface area (Å²) in [7, 11) is 0. The summed E-state index contributed by atoms with van der Waals surface area (Å²) in [6, 6.07) is 4.37. The average Bonchev–Trinajstić information content (AvgIpc) is 2.37. The molecule has 1 aliphatic rings. The minimum absolute atomic E-state index is 0.286. The van der Waals surface area contributed by atoms with Crippen molar-refractivity contribution >= 4 is 5.82 Å². The molecule has 0 saturated carbocycles. The molecular formula is C16H27N3O. The quantitative estimate of drug-likeness (QED) is 0.896. The van der Waals surface area contributed by atoms with Crippen LogP contribution < -0.4 is 10.2 Å². The summed E-state index contributed by atoms with van der Waals surface area (Å²) in [5.74, 6) is 1.76. The zero-order valence-electron chi connectivity index (χ0n) is 13.1. The fourth-order valence-corrected chi connectivity index (χ4v) is 2.52. The van der Waals surface area contributed by atoms with Gasteiger partial charge in [-0.3, -0.25) is 0 Å². The van der Waals surface area contributed by atoms with E-state index in [9.17, 15) is 0 Å². The number of nitrogens with one attached hydrogen (secondary N) is 1. The highest BCUT2D eigenvalue weighted by Gasteiger charge is 2.18. The highest BCUT2D eigenvalue weighted by atomic mass is 16.5. The number of ether oxygens (including phenoxy) is 1. The summed E-state index contributed by atoms with van der Waals surface area (Å²) in [5, 5.41) is 3.50. The van der Waals surface area contributed by atoms with Gasteiger partial charge in [-0.1, -0.05) is 13.8 Å². The van der Waals surface area contributed by atoms with Crippen LogP contribution >= 0.6 is 0 Å². The maximum Gasteiger partial charge on any atom is 0.129 e. The fraction of sp³-hybridized carbons (Fsp3) is 0.688. The van der Waals surface area contributed by atoms with Crippen molar-refractivity contribution in [1.29, 1.82) is 0 Å². The summed E-state index contributed by atoms with van der Waals surface area (Å²) in [4.78, 5) is 7.00. The molecule has 1 aromatic rings. The highest BCUT2D eigenvalue weighted by Crippen LogP contribution is 2.18. The Bertz CT molecular complexity index is 434. The molecule has 1 atom stereocenters. The number of pyridine rings is 1. The van der Waals surface area contributed by atoms with Crippen LogP contribution in [0.3, 0.4) is 0 Å². The monoisotopic (exact) mass is 277 g/mol. The van der Waals surface area contributed by atoms with E-state index in [-0.39, 0.29) is 6.10 Å². The topological polar surface area (TPSA) is 37.4 Å². The average molecular weight is 277 g/mol. The molecule has 0 amide bonds. The van der Waals surface area contributed by atoms with E-state index < -0.39 is 0 Å². The molecular weight excluding hydrogens is 250 g/mol. The van der Waals surface area contributed by atoms with Gasteiger partial charge in [0.1, 0.15) is 5.82 Å². The lowest BCUT2D eigenvalue weighted by atomic mass is 10.2. The molecule has 4 nitrogen and oxygen atoms in total. The molecule has 20 heavy (non-hydrogen) atoms. The number of anilines is 1. The van der Waals surface area contributed by atoms with Crippen LogP contribution in [0.5, 0.6) is 0 Å². The molecule has 1 saturated heterocycles. The first-order chi connectivity index (χ1) is 9.54. The smallest absolute Gasteiger partial charge is 0.129 e. The Morgan fingerprint density at radius 1 is 1.45 bits per heavy atom. The Kier molecular flexibility index (Phi) is 5.38. The van der Waals surface area contributed by atoms with Crippen molar-refractivity contribution < 1.29 is 4.74 Å². The van der Waals surface area contributed by atoms with Crippen LogP contribution in [0, 0.1) is 12.8 Å². The molecule has 4 heteroatoms. The van der Waals surface area contributed by atoms with E-state index in [1.807, 2.05) is 0 Å². The standard InChI is InChI=1S/C16H27N3O/c1-12(2)9-17-10-15-7-13(3)18-16(8-15)19-5-6-20-14(4)11-19/h7-8,12,14,17H,5-6,9-11H2,1-4H3. The zero-order valence-corrected chi connectivity index (χ0v) is 13.1. The number of nitrogens with zero attached hydrogens (tertiary/aromatic N) is 2. The SMILES string of the molecule is Cc1cc(CNCC(C)C)cc(N2CCOC(C)C2)n1. The van der Waals surface area contributed by atoms with E-state index in [2.05, 4.69) is 55.0 Å². The highest BCUT2D eigenvalue weighted by molar-refractivity contribution is 5.43. The van der Waals surface area contributed by atoms with E-state index in [4.69, 9.17) is 4.74 Å². The lowest BCUT2D eigenvalue weighted by Crippen LogP contribution is -2.41. The van der Waals surface area contributed by atoms with Crippen LogP contribution in [0.1, 0.15) is 32.0 Å². The Labute approximate surface area is 122 Å². The predicted octanol–water partition coefficient (Wildman–Crippen LogP) is 2.36. The number of hydrogen-bond acceptors (Lipinski definition) is 4. The maximum atomic E-state index is 5.60. The second-order valence-corrected chi connectivity index (χ2v) is 6.13. The Balaban J connectivity index is 2.03. The number of hydrogen-bond donors (Lipinski definition) is 1. The first-order valence-corrected chi connectivity index (χ1v) is 7.59. The third kappa shape index (κ3) is 4.46.